The summed E-state index contributed by atoms with van der Waals surface area (Å²) in [6, 6.07) is 0. The highest BCUT2D eigenvalue weighted by Crippen LogP contribution is 1.99. The molecule has 0 aromatic carbocycles. The van der Waals surface area contributed by atoms with Gasteiger partial charge in [-0.2, -0.15) is 0 Å². The number of nitrogens with two attached hydrogens (primary N) is 1. The van der Waals surface area contributed by atoms with Crippen molar-refractivity contribution in [3.63, 3.8) is 0 Å². The molecule has 1 atom stereocenters. The van der Waals surface area contributed by atoms with E-state index in [0.29, 0.717) is 5.92 Å². The minimum atomic E-state index is -0.250. The highest BCUT2D eigenvalue weighted by atomic mass is 16.1. The second-order valence-corrected chi connectivity index (χ2v) is 2.95. The predicted octanol–water partition coefficient (Wildman–Crippen LogP) is 0.619. The van der Waals surface area contributed by atoms with Gasteiger partial charge < -0.3 is 11.1 Å². The molecule has 0 aliphatic rings. The van der Waals surface area contributed by atoms with Crippen molar-refractivity contribution in [3.8, 4) is 0 Å². The van der Waals surface area contributed by atoms with Crippen molar-refractivity contribution >= 4 is 5.91 Å². The molecule has 0 aromatic rings. The van der Waals surface area contributed by atoms with Crippen molar-refractivity contribution in [1.82, 2.24) is 5.32 Å². The number of amides is 1. The van der Waals surface area contributed by atoms with E-state index in [1.165, 1.54) is 6.08 Å². The molecule has 0 aliphatic heterocycles. The molecule has 3 heteroatoms. The van der Waals surface area contributed by atoms with Gasteiger partial charge in [-0.25, -0.2) is 0 Å². The van der Waals surface area contributed by atoms with Crippen LogP contribution in [-0.4, -0.2) is 12.1 Å². The van der Waals surface area contributed by atoms with Gasteiger partial charge in [-0.05, 0) is 18.4 Å². The Morgan fingerprint density at radius 2 is 2.27 bits per heavy atom. The van der Waals surface area contributed by atoms with Crippen LogP contribution in [0.3, 0.4) is 0 Å². The van der Waals surface area contributed by atoms with Crippen LogP contribution in [0.2, 0.25) is 0 Å². The smallest absolute Gasteiger partial charge is 0.244 e. The highest BCUT2D eigenvalue weighted by molar-refractivity contribution is 5.86. The van der Waals surface area contributed by atoms with Crippen molar-refractivity contribution in [2.75, 3.05) is 0 Å². The summed E-state index contributed by atoms with van der Waals surface area (Å²) < 4.78 is 0. The molecule has 1 amide bonds. The van der Waals surface area contributed by atoms with Crippen LogP contribution >= 0.6 is 0 Å². The minimum Gasteiger partial charge on any atom is -0.337 e. The molecule has 0 aromatic heterocycles. The monoisotopic (exact) mass is 156 g/mol. The first-order valence-electron chi connectivity index (χ1n) is 3.74. The molecule has 3 N–H and O–H groups in total. The molecule has 0 bridgehead atoms. The van der Waals surface area contributed by atoms with Crippen LogP contribution in [0.15, 0.2) is 12.7 Å². The first-order chi connectivity index (χ1) is 5.06. The summed E-state index contributed by atoms with van der Waals surface area (Å²) in [4.78, 5) is 10.7. The lowest BCUT2D eigenvalue weighted by molar-refractivity contribution is -0.117. The fraction of sp³-hybridized carbons (Fsp3) is 0.625. The maximum atomic E-state index is 10.7. The quantitative estimate of drug-likeness (QED) is 0.463. The van der Waals surface area contributed by atoms with E-state index in [1.807, 2.05) is 0 Å². The van der Waals surface area contributed by atoms with Crippen molar-refractivity contribution in [2.45, 2.75) is 26.4 Å². The summed E-state index contributed by atoms with van der Waals surface area (Å²) in [5.41, 5.74) is 5.57. The van der Waals surface area contributed by atoms with Crippen LogP contribution in [-0.2, 0) is 4.79 Å². The van der Waals surface area contributed by atoms with E-state index >= 15 is 0 Å². The molecule has 0 aliphatic carbocycles. The number of carbonyl (C=O) groups excluding carboxylic acids is 1. The zero-order valence-electron chi connectivity index (χ0n) is 7.13. The van der Waals surface area contributed by atoms with Gasteiger partial charge in [-0.3, -0.25) is 4.79 Å². The van der Waals surface area contributed by atoms with Crippen LogP contribution in [0, 0.1) is 5.92 Å². The summed E-state index contributed by atoms with van der Waals surface area (Å²) in [7, 11) is 0. The molecule has 1 unspecified atom stereocenters. The third-order valence-corrected chi connectivity index (χ3v) is 1.24. The summed E-state index contributed by atoms with van der Waals surface area (Å²) in [6.45, 7) is 7.44. The molecule has 0 rings (SSSR count). The van der Waals surface area contributed by atoms with Gasteiger partial charge in [0.25, 0.3) is 0 Å². The normalized spacial score (nSPS) is 12.7. The van der Waals surface area contributed by atoms with Crippen LogP contribution < -0.4 is 11.1 Å². The van der Waals surface area contributed by atoms with Crippen molar-refractivity contribution in [3.05, 3.63) is 12.7 Å². The largest absolute Gasteiger partial charge is 0.337 e. The molecule has 3 nitrogen and oxygen atoms in total. The van der Waals surface area contributed by atoms with Crippen LogP contribution in [0.1, 0.15) is 20.3 Å². The topological polar surface area (TPSA) is 55.1 Å². The molecule has 64 valence electrons. The maximum absolute atomic E-state index is 10.7. The Kier molecular flexibility index (Phi) is 4.54. The number of carbonyl (C=O) groups is 1. The third-order valence-electron chi connectivity index (χ3n) is 1.24. The van der Waals surface area contributed by atoms with Gasteiger partial charge in [0.2, 0.25) is 5.91 Å². The van der Waals surface area contributed by atoms with E-state index in [0.717, 1.165) is 6.42 Å². The molecule has 0 heterocycles. The molecule has 0 radical (unpaired) electrons. The van der Waals surface area contributed by atoms with Gasteiger partial charge in [0.15, 0.2) is 0 Å². The first kappa shape index (κ1) is 10.2. The summed E-state index contributed by atoms with van der Waals surface area (Å²) in [5.74, 6) is 0.285. The summed E-state index contributed by atoms with van der Waals surface area (Å²) in [5, 5.41) is 2.58. The summed E-state index contributed by atoms with van der Waals surface area (Å²) >= 11 is 0. The van der Waals surface area contributed by atoms with E-state index in [4.69, 9.17) is 5.73 Å². The highest BCUT2D eigenvalue weighted by Gasteiger charge is 2.05. The lowest BCUT2D eigenvalue weighted by atomic mass is 10.1. The average Bonchev–Trinajstić information content (AvgIpc) is 1.85. The van der Waals surface area contributed by atoms with Crippen molar-refractivity contribution in [1.29, 1.82) is 0 Å². The van der Waals surface area contributed by atoms with E-state index in [1.54, 1.807) is 0 Å². The minimum absolute atomic E-state index is 0.210. The fourth-order valence-electron chi connectivity index (χ4n) is 0.808. The summed E-state index contributed by atoms with van der Waals surface area (Å²) in [6.07, 6.45) is 1.76. The third kappa shape index (κ3) is 5.61. The molecule has 0 saturated heterocycles. The standard InChI is InChI=1S/C8H16N2O/c1-4-8(11)10-7(9)5-6(2)3/h4,6-7H,1,5,9H2,2-3H3,(H,10,11). The Labute approximate surface area is 67.7 Å². The molecule has 0 spiro atoms. The molecular formula is C8H16N2O. The van der Waals surface area contributed by atoms with Crippen LogP contribution in [0.5, 0.6) is 0 Å². The Balaban J connectivity index is 3.59. The number of hydrogen-bond donors (Lipinski definition) is 2. The van der Waals surface area contributed by atoms with E-state index in [-0.39, 0.29) is 12.1 Å². The van der Waals surface area contributed by atoms with Crippen LogP contribution in [0.4, 0.5) is 0 Å². The lowest BCUT2D eigenvalue weighted by Gasteiger charge is -2.14. The van der Waals surface area contributed by atoms with Gasteiger partial charge in [-0.15, -0.1) is 0 Å². The van der Waals surface area contributed by atoms with Crippen molar-refractivity contribution < 1.29 is 4.79 Å². The van der Waals surface area contributed by atoms with Crippen molar-refractivity contribution in [2.24, 2.45) is 11.7 Å². The Bertz CT molecular complexity index is 143. The molecule has 0 saturated carbocycles. The number of rotatable bonds is 4. The van der Waals surface area contributed by atoms with Gasteiger partial charge in [0.05, 0.1) is 6.17 Å². The second-order valence-electron chi connectivity index (χ2n) is 2.95. The Morgan fingerprint density at radius 1 is 1.73 bits per heavy atom. The predicted molar refractivity (Wildman–Crippen MR) is 45.8 cm³/mol. The fourth-order valence-corrected chi connectivity index (χ4v) is 0.808. The zero-order valence-corrected chi connectivity index (χ0v) is 7.13. The molecular weight excluding hydrogens is 140 g/mol. The maximum Gasteiger partial charge on any atom is 0.244 e. The molecule has 0 fully saturated rings. The van der Waals surface area contributed by atoms with Gasteiger partial charge in [-0.1, -0.05) is 20.4 Å². The van der Waals surface area contributed by atoms with E-state index in [9.17, 15) is 4.79 Å². The first-order valence-corrected chi connectivity index (χ1v) is 3.74. The van der Waals surface area contributed by atoms with E-state index in [2.05, 4.69) is 25.7 Å². The van der Waals surface area contributed by atoms with Crippen LogP contribution in [0.25, 0.3) is 0 Å². The Hall–Kier alpha value is -0.830. The second kappa shape index (κ2) is 4.91. The van der Waals surface area contributed by atoms with E-state index < -0.39 is 0 Å². The lowest BCUT2D eigenvalue weighted by Crippen LogP contribution is -2.41. The average molecular weight is 156 g/mol. The van der Waals surface area contributed by atoms with Gasteiger partial charge in [0, 0.05) is 0 Å². The molecule has 11 heavy (non-hydrogen) atoms. The number of nitrogens with one attached hydrogen (secondary N) is 1. The SMILES string of the molecule is C=CC(=O)NC(N)CC(C)C. The zero-order chi connectivity index (χ0) is 8.85. The Morgan fingerprint density at radius 3 is 2.64 bits per heavy atom. The van der Waals surface area contributed by atoms with Gasteiger partial charge >= 0.3 is 0 Å². The van der Waals surface area contributed by atoms with Gasteiger partial charge in [0.1, 0.15) is 0 Å². The number of hydrogen-bond acceptors (Lipinski definition) is 2.